The monoisotopic (exact) mass is 236 g/mol. The van der Waals surface area contributed by atoms with Crippen molar-refractivity contribution in [1.82, 2.24) is 9.88 Å². The summed E-state index contributed by atoms with van der Waals surface area (Å²) < 4.78 is 5.31. The van der Waals surface area contributed by atoms with Gasteiger partial charge in [0.05, 0.1) is 13.5 Å². The summed E-state index contributed by atoms with van der Waals surface area (Å²) in [5.74, 6) is 1.13. The average molecular weight is 236 g/mol. The van der Waals surface area contributed by atoms with Gasteiger partial charge in [0.15, 0.2) is 0 Å². The molecule has 4 nitrogen and oxygen atoms in total. The van der Waals surface area contributed by atoms with Gasteiger partial charge in [0.1, 0.15) is 5.75 Å². The number of carbonyl (C=O) groups excluding carboxylic acids is 1. The summed E-state index contributed by atoms with van der Waals surface area (Å²) in [7, 11) is 5.10. The van der Waals surface area contributed by atoms with Crippen LogP contribution < -0.4 is 4.74 Å². The SMILES string of the molecule is COc1cc(C(C)C)ncc1CC(=O)N(C)C. The smallest absolute Gasteiger partial charge is 0.226 e. The first-order valence-electron chi connectivity index (χ1n) is 5.68. The van der Waals surface area contributed by atoms with Crippen LogP contribution in [0.5, 0.6) is 5.75 Å². The van der Waals surface area contributed by atoms with Crippen molar-refractivity contribution in [2.24, 2.45) is 0 Å². The number of aromatic nitrogens is 1. The first-order valence-corrected chi connectivity index (χ1v) is 5.68. The van der Waals surface area contributed by atoms with Gasteiger partial charge in [-0.2, -0.15) is 0 Å². The second kappa shape index (κ2) is 5.66. The lowest BCUT2D eigenvalue weighted by molar-refractivity contribution is -0.127. The van der Waals surface area contributed by atoms with Crippen molar-refractivity contribution in [2.75, 3.05) is 21.2 Å². The van der Waals surface area contributed by atoms with Crippen LogP contribution in [-0.2, 0) is 11.2 Å². The molecule has 0 N–H and O–H groups in total. The summed E-state index contributed by atoms with van der Waals surface area (Å²) in [5.41, 5.74) is 1.80. The van der Waals surface area contributed by atoms with Crippen molar-refractivity contribution in [2.45, 2.75) is 26.2 Å². The van der Waals surface area contributed by atoms with E-state index in [1.165, 1.54) is 0 Å². The van der Waals surface area contributed by atoms with Crippen molar-refractivity contribution in [3.63, 3.8) is 0 Å². The molecule has 0 saturated carbocycles. The van der Waals surface area contributed by atoms with Gasteiger partial charge < -0.3 is 9.64 Å². The standard InChI is InChI=1S/C13H20N2O2/c1-9(2)11-7-12(17-5)10(8-14-11)6-13(16)15(3)4/h7-9H,6H2,1-5H3. The molecule has 0 spiro atoms. The minimum absolute atomic E-state index is 0.0439. The fourth-order valence-electron chi connectivity index (χ4n) is 1.44. The Morgan fingerprint density at radius 3 is 2.59 bits per heavy atom. The maximum absolute atomic E-state index is 11.6. The Kier molecular flexibility index (Phi) is 4.49. The molecule has 0 aromatic carbocycles. The Bertz CT molecular complexity index is 400. The van der Waals surface area contributed by atoms with Crippen LogP contribution in [0.25, 0.3) is 0 Å². The highest BCUT2D eigenvalue weighted by Gasteiger charge is 2.12. The number of amides is 1. The molecule has 1 aromatic rings. The normalized spacial score (nSPS) is 10.5. The molecular weight excluding hydrogens is 216 g/mol. The van der Waals surface area contributed by atoms with E-state index < -0.39 is 0 Å². The molecule has 1 aromatic heterocycles. The second-order valence-electron chi connectivity index (χ2n) is 4.54. The summed E-state index contributed by atoms with van der Waals surface area (Å²) in [6.07, 6.45) is 2.05. The quantitative estimate of drug-likeness (QED) is 0.801. The summed E-state index contributed by atoms with van der Waals surface area (Å²) in [5, 5.41) is 0. The van der Waals surface area contributed by atoms with Crippen LogP contribution in [0.15, 0.2) is 12.3 Å². The van der Waals surface area contributed by atoms with Crippen LogP contribution in [0.2, 0.25) is 0 Å². The molecule has 0 aliphatic carbocycles. The van der Waals surface area contributed by atoms with E-state index in [1.54, 1.807) is 32.3 Å². The Labute approximate surface area is 103 Å². The number of carbonyl (C=O) groups is 1. The summed E-state index contributed by atoms with van der Waals surface area (Å²) >= 11 is 0. The topological polar surface area (TPSA) is 42.4 Å². The van der Waals surface area contributed by atoms with Crippen LogP contribution in [0.1, 0.15) is 31.0 Å². The molecule has 4 heteroatoms. The van der Waals surface area contributed by atoms with E-state index in [0.717, 1.165) is 17.0 Å². The third-order valence-corrected chi connectivity index (χ3v) is 2.62. The summed E-state index contributed by atoms with van der Waals surface area (Å²) in [6.45, 7) is 4.15. The molecular formula is C13H20N2O2. The highest BCUT2D eigenvalue weighted by molar-refractivity contribution is 5.78. The third-order valence-electron chi connectivity index (χ3n) is 2.62. The third kappa shape index (κ3) is 3.44. The Balaban J connectivity index is 2.97. The lowest BCUT2D eigenvalue weighted by atomic mass is 10.1. The van der Waals surface area contributed by atoms with Crippen LogP contribution in [-0.4, -0.2) is 37.0 Å². The zero-order valence-corrected chi connectivity index (χ0v) is 11.2. The van der Waals surface area contributed by atoms with Crippen molar-refractivity contribution < 1.29 is 9.53 Å². The van der Waals surface area contributed by atoms with Crippen LogP contribution in [0.4, 0.5) is 0 Å². The molecule has 0 saturated heterocycles. The first-order chi connectivity index (χ1) is 7.95. The fraction of sp³-hybridized carbons (Fsp3) is 0.538. The number of pyridine rings is 1. The molecule has 1 heterocycles. The zero-order valence-electron chi connectivity index (χ0n) is 11.2. The van der Waals surface area contributed by atoms with Gasteiger partial charge in [0, 0.05) is 37.6 Å². The van der Waals surface area contributed by atoms with E-state index in [0.29, 0.717) is 12.3 Å². The van der Waals surface area contributed by atoms with Gasteiger partial charge in [0.2, 0.25) is 5.91 Å². The van der Waals surface area contributed by atoms with Gasteiger partial charge in [-0.25, -0.2) is 0 Å². The number of nitrogens with zero attached hydrogens (tertiary/aromatic N) is 2. The Hall–Kier alpha value is -1.58. The minimum atomic E-state index is 0.0439. The molecule has 0 aliphatic heterocycles. The summed E-state index contributed by atoms with van der Waals surface area (Å²) in [4.78, 5) is 17.6. The number of hydrogen-bond acceptors (Lipinski definition) is 3. The van der Waals surface area contributed by atoms with Crippen molar-refractivity contribution in [3.05, 3.63) is 23.5 Å². The van der Waals surface area contributed by atoms with Crippen LogP contribution in [0.3, 0.4) is 0 Å². The van der Waals surface area contributed by atoms with E-state index in [1.807, 2.05) is 6.07 Å². The lowest BCUT2D eigenvalue weighted by Crippen LogP contribution is -2.23. The zero-order chi connectivity index (χ0) is 13.0. The maximum Gasteiger partial charge on any atom is 0.226 e. The predicted molar refractivity (Wildman–Crippen MR) is 67.3 cm³/mol. The number of likely N-dealkylation sites (N-methyl/N-ethyl adjacent to an activating group) is 1. The number of ether oxygens (including phenoxy) is 1. The van der Waals surface area contributed by atoms with Crippen molar-refractivity contribution in [1.29, 1.82) is 0 Å². The summed E-state index contributed by atoms with van der Waals surface area (Å²) in [6, 6.07) is 1.91. The van der Waals surface area contributed by atoms with E-state index >= 15 is 0 Å². The largest absolute Gasteiger partial charge is 0.496 e. The minimum Gasteiger partial charge on any atom is -0.496 e. The van der Waals surface area contributed by atoms with E-state index in [9.17, 15) is 4.79 Å². The number of rotatable bonds is 4. The predicted octanol–water partition coefficient (Wildman–Crippen LogP) is 1.84. The molecule has 0 unspecified atom stereocenters. The van der Waals surface area contributed by atoms with Gasteiger partial charge in [0.25, 0.3) is 0 Å². The second-order valence-corrected chi connectivity index (χ2v) is 4.54. The molecule has 1 amide bonds. The number of hydrogen-bond donors (Lipinski definition) is 0. The molecule has 1 rings (SSSR count). The van der Waals surface area contributed by atoms with Gasteiger partial charge in [-0.3, -0.25) is 9.78 Å². The molecule has 17 heavy (non-hydrogen) atoms. The van der Waals surface area contributed by atoms with Gasteiger partial charge in [-0.15, -0.1) is 0 Å². The Morgan fingerprint density at radius 2 is 2.12 bits per heavy atom. The van der Waals surface area contributed by atoms with E-state index in [2.05, 4.69) is 18.8 Å². The van der Waals surface area contributed by atoms with Gasteiger partial charge in [-0.1, -0.05) is 13.8 Å². The van der Waals surface area contributed by atoms with Gasteiger partial charge in [-0.05, 0) is 5.92 Å². The fourth-order valence-corrected chi connectivity index (χ4v) is 1.44. The average Bonchev–Trinajstić information content (AvgIpc) is 2.28. The highest BCUT2D eigenvalue weighted by atomic mass is 16.5. The Morgan fingerprint density at radius 1 is 1.47 bits per heavy atom. The molecule has 0 atom stereocenters. The highest BCUT2D eigenvalue weighted by Crippen LogP contribution is 2.23. The molecule has 94 valence electrons. The van der Waals surface area contributed by atoms with Gasteiger partial charge >= 0.3 is 0 Å². The van der Waals surface area contributed by atoms with Crippen LogP contribution in [0, 0.1) is 0 Å². The van der Waals surface area contributed by atoms with Crippen molar-refractivity contribution in [3.8, 4) is 5.75 Å². The van der Waals surface area contributed by atoms with E-state index in [-0.39, 0.29) is 5.91 Å². The molecule has 0 radical (unpaired) electrons. The lowest BCUT2D eigenvalue weighted by Gasteiger charge is -2.14. The van der Waals surface area contributed by atoms with Crippen molar-refractivity contribution >= 4 is 5.91 Å². The molecule has 0 bridgehead atoms. The first kappa shape index (κ1) is 13.5. The molecule has 0 fully saturated rings. The maximum atomic E-state index is 11.6. The number of methoxy groups -OCH3 is 1. The molecule has 0 aliphatic rings. The van der Waals surface area contributed by atoms with E-state index in [4.69, 9.17) is 4.74 Å². The van der Waals surface area contributed by atoms with Crippen LogP contribution >= 0.6 is 0 Å².